The summed E-state index contributed by atoms with van der Waals surface area (Å²) >= 11 is 0. The van der Waals surface area contributed by atoms with E-state index in [1.807, 2.05) is 24.7 Å². The molecule has 2 aliphatic heterocycles. The van der Waals surface area contributed by atoms with E-state index in [9.17, 15) is 14.9 Å². The first-order valence-electron chi connectivity index (χ1n) is 17.5. The number of anilines is 1. The first kappa shape index (κ1) is 32.0. The molecule has 1 saturated carbocycles. The van der Waals surface area contributed by atoms with Crippen LogP contribution >= 0.6 is 0 Å². The van der Waals surface area contributed by atoms with E-state index >= 15 is 0 Å². The third-order valence-corrected chi connectivity index (χ3v) is 11.1. The second-order valence-corrected chi connectivity index (χ2v) is 13.8. The van der Waals surface area contributed by atoms with E-state index in [1.165, 1.54) is 0 Å². The number of fused-ring (bicyclic) bond motifs is 1. The van der Waals surface area contributed by atoms with Gasteiger partial charge in [-0.05, 0) is 81.9 Å². The smallest absolute Gasteiger partial charge is 0.226 e. The molecule has 0 spiro atoms. The van der Waals surface area contributed by atoms with E-state index in [-0.39, 0.29) is 17.4 Å². The molecular weight excluding hydrogens is 604 g/mol. The topological polar surface area (TPSA) is 130 Å². The van der Waals surface area contributed by atoms with Crippen molar-refractivity contribution in [1.82, 2.24) is 29.7 Å². The summed E-state index contributed by atoms with van der Waals surface area (Å²) in [5, 5.41) is 22.5. The Kier molecular flexibility index (Phi) is 9.26. The minimum absolute atomic E-state index is 0.186. The van der Waals surface area contributed by atoms with Crippen LogP contribution in [-0.2, 0) is 14.3 Å². The number of pyridine rings is 2. The Balaban J connectivity index is 1.09. The average Bonchev–Trinajstić information content (AvgIpc) is 3.80. The largest absolute Gasteiger partial charge is 0.381 e. The Morgan fingerprint density at radius 2 is 1.81 bits per heavy atom. The van der Waals surface area contributed by atoms with Crippen LogP contribution in [0.25, 0.3) is 27.8 Å². The average molecular weight is 649 g/mol. The molecule has 7 rings (SSSR count). The fourth-order valence-electron chi connectivity index (χ4n) is 7.87. The fourth-order valence-corrected chi connectivity index (χ4v) is 7.87. The number of carbonyl (C=O) groups is 2. The highest BCUT2D eigenvalue weighted by atomic mass is 16.5. The van der Waals surface area contributed by atoms with Gasteiger partial charge in [0.25, 0.3) is 0 Å². The number of rotatable bonds is 9. The second kappa shape index (κ2) is 13.9. The first-order valence-corrected chi connectivity index (χ1v) is 17.5. The lowest BCUT2D eigenvalue weighted by Gasteiger charge is -2.41. The summed E-state index contributed by atoms with van der Waals surface area (Å²) in [4.78, 5) is 31.5. The van der Waals surface area contributed by atoms with Crippen LogP contribution < -0.4 is 10.2 Å². The Morgan fingerprint density at radius 1 is 1.02 bits per heavy atom. The van der Waals surface area contributed by atoms with Gasteiger partial charge in [0.1, 0.15) is 18.2 Å². The molecule has 11 heteroatoms. The summed E-state index contributed by atoms with van der Waals surface area (Å²) in [6.45, 7) is 5.09. The van der Waals surface area contributed by atoms with Crippen LogP contribution in [0, 0.1) is 22.7 Å². The number of hydrogen-bond acceptors (Lipinski definition) is 8. The van der Waals surface area contributed by atoms with Gasteiger partial charge in [0, 0.05) is 79.6 Å². The Hall–Kier alpha value is -4.56. The van der Waals surface area contributed by atoms with Crippen LogP contribution in [0.5, 0.6) is 0 Å². The maximum absolute atomic E-state index is 13.4. The maximum atomic E-state index is 13.4. The van der Waals surface area contributed by atoms with Crippen molar-refractivity contribution in [1.29, 1.82) is 5.26 Å². The van der Waals surface area contributed by atoms with Gasteiger partial charge >= 0.3 is 0 Å². The van der Waals surface area contributed by atoms with Crippen molar-refractivity contribution in [2.45, 2.75) is 83.2 Å². The number of amides is 1. The standard InChI is InChI=1S/C37H44N8O3/c1-2-37(36(47)42-31-10-17-48-18-11-31)12-14-43(15-13-37)34-8-5-27(21-39-34)33-19-28(24-45-35(33)29(20-38)22-41-45)30-23-40-44(25-30)32-6-3-26(4-7-32)9-16-46/h5,8,16,19,21-26,31-32H,2-4,6-7,9-15,17-18H2,1H3,(H,42,47). The Bertz CT molecular complexity index is 1780. The molecule has 4 aromatic rings. The first-order chi connectivity index (χ1) is 23.5. The number of aldehydes is 1. The van der Waals surface area contributed by atoms with Crippen LogP contribution in [0.1, 0.15) is 82.7 Å². The molecule has 48 heavy (non-hydrogen) atoms. The van der Waals surface area contributed by atoms with Gasteiger partial charge in [0.2, 0.25) is 5.91 Å². The molecule has 0 atom stereocenters. The molecule has 3 fully saturated rings. The van der Waals surface area contributed by atoms with Gasteiger partial charge in [0.15, 0.2) is 0 Å². The lowest BCUT2D eigenvalue weighted by molar-refractivity contribution is -0.134. The minimum atomic E-state index is -0.347. The van der Waals surface area contributed by atoms with Crippen molar-refractivity contribution in [3.05, 3.63) is 54.7 Å². The van der Waals surface area contributed by atoms with E-state index in [4.69, 9.17) is 14.8 Å². The summed E-state index contributed by atoms with van der Waals surface area (Å²) < 4.78 is 9.31. The van der Waals surface area contributed by atoms with Gasteiger partial charge in [-0.3, -0.25) is 9.48 Å². The zero-order valence-corrected chi connectivity index (χ0v) is 27.7. The van der Waals surface area contributed by atoms with Crippen LogP contribution in [-0.4, -0.2) is 68.9 Å². The third kappa shape index (κ3) is 6.33. The molecule has 0 aromatic carbocycles. The van der Waals surface area contributed by atoms with Crippen LogP contribution in [0.4, 0.5) is 5.82 Å². The van der Waals surface area contributed by atoms with E-state index in [2.05, 4.69) is 51.3 Å². The molecule has 11 nitrogen and oxygen atoms in total. The lowest BCUT2D eigenvalue weighted by atomic mass is 9.75. The van der Waals surface area contributed by atoms with Crippen LogP contribution in [0.15, 0.2) is 49.2 Å². The van der Waals surface area contributed by atoms with Crippen molar-refractivity contribution < 1.29 is 14.3 Å². The molecule has 3 aliphatic rings. The number of hydrogen-bond donors (Lipinski definition) is 1. The number of carbonyl (C=O) groups excluding carboxylic acids is 2. The number of nitrogens with zero attached hydrogens (tertiary/aromatic N) is 7. The number of piperidine rings is 1. The Morgan fingerprint density at radius 3 is 2.50 bits per heavy atom. The molecule has 1 aliphatic carbocycles. The van der Waals surface area contributed by atoms with Gasteiger partial charge in [-0.25, -0.2) is 9.50 Å². The Labute approximate surface area is 281 Å². The second-order valence-electron chi connectivity index (χ2n) is 13.8. The monoisotopic (exact) mass is 648 g/mol. The molecule has 1 amide bonds. The molecular formula is C37H44N8O3. The summed E-state index contributed by atoms with van der Waals surface area (Å²) in [5.41, 5.74) is 4.64. The summed E-state index contributed by atoms with van der Waals surface area (Å²) in [7, 11) is 0. The van der Waals surface area contributed by atoms with Gasteiger partial charge in [-0.1, -0.05) is 6.92 Å². The predicted molar refractivity (Wildman–Crippen MR) is 182 cm³/mol. The van der Waals surface area contributed by atoms with Gasteiger partial charge in [-0.2, -0.15) is 15.5 Å². The fraction of sp³-hybridized carbons (Fsp3) is 0.514. The van der Waals surface area contributed by atoms with E-state index in [0.29, 0.717) is 37.2 Å². The van der Waals surface area contributed by atoms with Crippen molar-refractivity contribution in [2.75, 3.05) is 31.2 Å². The molecule has 250 valence electrons. The quantitative estimate of drug-likeness (QED) is 0.227. The highest BCUT2D eigenvalue weighted by Gasteiger charge is 2.41. The van der Waals surface area contributed by atoms with E-state index < -0.39 is 0 Å². The van der Waals surface area contributed by atoms with Gasteiger partial charge < -0.3 is 19.7 Å². The maximum Gasteiger partial charge on any atom is 0.226 e. The molecule has 6 heterocycles. The lowest BCUT2D eigenvalue weighted by Crippen LogP contribution is -2.52. The van der Waals surface area contributed by atoms with Crippen molar-refractivity contribution >= 4 is 23.5 Å². The van der Waals surface area contributed by atoms with Crippen molar-refractivity contribution in [3.8, 4) is 28.3 Å². The summed E-state index contributed by atoms with van der Waals surface area (Å²) in [5.74, 6) is 1.56. The molecule has 4 aromatic heterocycles. The highest BCUT2D eigenvalue weighted by molar-refractivity contribution is 5.87. The SMILES string of the molecule is CCC1(C(=O)NC2CCOCC2)CCN(c2ccc(-c3cc(-c4cnn(C5CCC(CC=O)CC5)c4)cn4ncc(C#N)c34)cn2)CC1. The number of aromatic nitrogens is 5. The zero-order chi connectivity index (χ0) is 33.1. The van der Waals surface area contributed by atoms with Crippen LogP contribution in [0.2, 0.25) is 0 Å². The van der Waals surface area contributed by atoms with Crippen molar-refractivity contribution in [3.63, 3.8) is 0 Å². The zero-order valence-electron chi connectivity index (χ0n) is 27.7. The molecule has 0 radical (unpaired) electrons. The van der Waals surface area contributed by atoms with Gasteiger partial charge in [-0.15, -0.1) is 0 Å². The number of nitrogens with one attached hydrogen (secondary N) is 1. The summed E-state index contributed by atoms with van der Waals surface area (Å²) in [6, 6.07) is 9.05. The molecule has 0 unspecified atom stereocenters. The molecule has 0 bridgehead atoms. The number of ether oxygens (including phenoxy) is 1. The van der Waals surface area contributed by atoms with E-state index in [0.717, 1.165) is 111 Å². The minimum Gasteiger partial charge on any atom is -0.381 e. The van der Waals surface area contributed by atoms with Gasteiger partial charge in [0.05, 0.1) is 34.9 Å². The normalized spacial score (nSPS) is 21.5. The van der Waals surface area contributed by atoms with Crippen LogP contribution in [0.3, 0.4) is 0 Å². The third-order valence-electron chi connectivity index (χ3n) is 11.1. The molecule has 2 saturated heterocycles. The van der Waals surface area contributed by atoms with E-state index in [1.54, 1.807) is 10.7 Å². The summed E-state index contributed by atoms with van der Waals surface area (Å²) in [6.07, 6.45) is 19.4. The molecule has 1 N–H and O–H groups in total. The predicted octanol–water partition coefficient (Wildman–Crippen LogP) is 5.74. The van der Waals surface area contributed by atoms with Crippen molar-refractivity contribution in [2.24, 2.45) is 11.3 Å². The number of nitriles is 1. The highest BCUT2D eigenvalue weighted by Crippen LogP contribution is 2.38.